The summed E-state index contributed by atoms with van der Waals surface area (Å²) < 4.78 is 5.73. The summed E-state index contributed by atoms with van der Waals surface area (Å²) in [5.41, 5.74) is 3.16. The summed E-state index contributed by atoms with van der Waals surface area (Å²) in [7, 11) is 0. The van der Waals surface area contributed by atoms with Gasteiger partial charge in [-0.15, -0.1) is 0 Å². The molecule has 1 fully saturated rings. The second kappa shape index (κ2) is 4.38. The number of carboxylic acids is 1. The predicted molar refractivity (Wildman–Crippen MR) is 72.2 cm³/mol. The lowest BCUT2D eigenvalue weighted by molar-refractivity contribution is -0.141. The minimum atomic E-state index is -0.722. The highest BCUT2D eigenvalue weighted by atomic mass is 16.4. The van der Waals surface area contributed by atoms with E-state index in [1.165, 1.54) is 5.56 Å². The predicted octanol–water partition coefficient (Wildman–Crippen LogP) is 2.78. The number of aryl methyl sites for hydroxylation is 2. The normalized spacial score (nSPS) is 23.1. The fraction of sp³-hybridized carbons (Fsp3) is 0.400. The Morgan fingerprint density at radius 2 is 2.21 bits per heavy atom. The van der Waals surface area contributed by atoms with Crippen molar-refractivity contribution in [2.24, 2.45) is 5.92 Å². The summed E-state index contributed by atoms with van der Waals surface area (Å²) in [4.78, 5) is 11.0. The Labute approximate surface area is 111 Å². The third-order valence-corrected chi connectivity index (χ3v) is 4.08. The monoisotopic (exact) mass is 259 g/mol. The molecule has 0 radical (unpaired) electrons. The molecule has 0 saturated carbocycles. The molecule has 2 aromatic rings. The van der Waals surface area contributed by atoms with Crippen LogP contribution in [0.15, 0.2) is 22.6 Å². The first-order valence-corrected chi connectivity index (χ1v) is 6.52. The van der Waals surface area contributed by atoms with E-state index < -0.39 is 5.97 Å². The zero-order valence-corrected chi connectivity index (χ0v) is 11.1. The van der Waals surface area contributed by atoms with Crippen molar-refractivity contribution in [3.63, 3.8) is 0 Å². The molecule has 0 bridgehead atoms. The molecule has 19 heavy (non-hydrogen) atoms. The van der Waals surface area contributed by atoms with Crippen molar-refractivity contribution >= 4 is 16.9 Å². The van der Waals surface area contributed by atoms with Gasteiger partial charge in [-0.1, -0.05) is 12.1 Å². The highest BCUT2D eigenvalue weighted by Crippen LogP contribution is 2.31. The number of nitrogens with one attached hydrogen (secondary N) is 1. The van der Waals surface area contributed by atoms with Crippen molar-refractivity contribution in [2.45, 2.75) is 26.3 Å². The van der Waals surface area contributed by atoms with Crippen LogP contribution in [-0.4, -0.2) is 17.6 Å². The average molecular weight is 259 g/mol. The first kappa shape index (κ1) is 12.2. The van der Waals surface area contributed by atoms with E-state index in [4.69, 9.17) is 9.52 Å². The summed E-state index contributed by atoms with van der Waals surface area (Å²) in [6.07, 6.45) is 0.638. The Bertz CT molecular complexity index is 644. The lowest BCUT2D eigenvalue weighted by Gasteiger charge is -2.10. The number of fused-ring (bicyclic) bond motifs is 1. The third-order valence-electron chi connectivity index (χ3n) is 4.08. The molecule has 3 rings (SSSR count). The van der Waals surface area contributed by atoms with Gasteiger partial charge >= 0.3 is 5.97 Å². The van der Waals surface area contributed by atoms with Gasteiger partial charge in [0, 0.05) is 18.0 Å². The number of hydrogen-bond acceptors (Lipinski definition) is 3. The van der Waals surface area contributed by atoms with Crippen molar-refractivity contribution < 1.29 is 14.3 Å². The minimum Gasteiger partial charge on any atom is -0.481 e. The third kappa shape index (κ3) is 2.02. The van der Waals surface area contributed by atoms with Crippen molar-refractivity contribution in [2.75, 3.05) is 6.54 Å². The smallest absolute Gasteiger partial charge is 0.307 e. The number of rotatable bonds is 2. The van der Waals surface area contributed by atoms with Gasteiger partial charge < -0.3 is 14.8 Å². The zero-order valence-electron chi connectivity index (χ0n) is 11.1. The van der Waals surface area contributed by atoms with Crippen LogP contribution in [-0.2, 0) is 4.79 Å². The first-order chi connectivity index (χ1) is 9.06. The Hall–Kier alpha value is -1.81. The van der Waals surface area contributed by atoms with E-state index in [2.05, 4.69) is 24.4 Å². The van der Waals surface area contributed by atoms with Crippen molar-refractivity contribution in [1.29, 1.82) is 0 Å². The molecule has 1 saturated heterocycles. The van der Waals surface area contributed by atoms with E-state index in [-0.39, 0.29) is 12.0 Å². The molecule has 1 aromatic carbocycles. The maximum Gasteiger partial charge on any atom is 0.307 e. The maximum atomic E-state index is 11.0. The van der Waals surface area contributed by atoms with Crippen LogP contribution in [0.3, 0.4) is 0 Å². The van der Waals surface area contributed by atoms with E-state index in [0.29, 0.717) is 13.0 Å². The van der Waals surface area contributed by atoms with E-state index in [1.54, 1.807) is 0 Å². The standard InChI is InChI=1S/C15H17NO3/c1-8-9(2)19-14-6-10(3-4-12(8)14)13-5-11(7-16-13)15(17)18/h3-4,6,11,13,16H,5,7H2,1-2H3,(H,17,18). The summed E-state index contributed by atoms with van der Waals surface area (Å²) in [5, 5.41) is 13.4. The van der Waals surface area contributed by atoms with Crippen LogP contribution < -0.4 is 5.32 Å². The molecule has 2 N–H and O–H groups in total. The van der Waals surface area contributed by atoms with E-state index in [1.807, 2.05) is 13.0 Å². The van der Waals surface area contributed by atoms with E-state index >= 15 is 0 Å². The maximum absolute atomic E-state index is 11.0. The number of benzene rings is 1. The molecule has 0 amide bonds. The largest absolute Gasteiger partial charge is 0.481 e. The number of carbonyl (C=O) groups is 1. The fourth-order valence-corrected chi connectivity index (χ4v) is 2.76. The number of carboxylic acid groups (broad SMARTS) is 1. The molecule has 0 spiro atoms. The molecular formula is C15H17NO3. The van der Waals surface area contributed by atoms with Gasteiger partial charge in [0.2, 0.25) is 0 Å². The van der Waals surface area contributed by atoms with Crippen LogP contribution in [0.25, 0.3) is 11.0 Å². The summed E-state index contributed by atoms with van der Waals surface area (Å²) in [5.74, 6) is -0.0727. The summed E-state index contributed by atoms with van der Waals surface area (Å²) in [6, 6.07) is 6.26. The SMILES string of the molecule is Cc1oc2cc(C3CC(C(=O)O)CN3)ccc2c1C. The molecular weight excluding hydrogens is 242 g/mol. The molecule has 4 nitrogen and oxygen atoms in total. The minimum absolute atomic E-state index is 0.108. The van der Waals surface area contributed by atoms with Crippen LogP contribution in [0.1, 0.15) is 29.3 Å². The molecule has 4 heteroatoms. The molecule has 1 aliphatic rings. The highest BCUT2D eigenvalue weighted by Gasteiger charge is 2.30. The first-order valence-electron chi connectivity index (χ1n) is 6.52. The van der Waals surface area contributed by atoms with Crippen molar-refractivity contribution in [3.05, 3.63) is 35.1 Å². The van der Waals surface area contributed by atoms with Gasteiger partial charge in [-0.25, -0.2) is 0 Å². The molecule has 1 aliphatic heterocycles. The number of hydrogen-bond donors (Lipinski definition) is 2. The zero-order chi connectivity index (χ0) is 13.6. The van der Waals surface area contributed by atoms with Crippen LogP contribution in [0.5, 0.6) is 0 Å². The van der Waals surface area contributed by atoms with Crippen LogP contribution in [0.4, 0.5) is 0 Å². The Morgan fingerprint density at radius 1 is 1.42 bits per heavy atom. The number of furan rings is 1. The molecule has 100 valence electrons. The average Bonchev–Trinajstić information content (AvgIpc) is 2.96. The van der Waals surface area contributed by atoms with Gasteiger partial charge in [-0.3, -0.25) is 4.79 Å². The second-order valence-electron chi connectivity index (χ2n) is 5.27. The molecule has 0 aliphatic carbocycles. The quantitative estimate of drug-likeness (QED) is 0.870. The lowest BCUT2D eigenvalue weighted by atomic mass is 9.99. The second-order valence-corrected chi connectivity index (χ2v) is 5.27. The Morgan fingerprint density at radius 3 is 2.89 bits per heavy atom. The van der Waals surface area contributed by atoms with Gasteiger partial charge in [-0.2, -0.15) is 0 Å². The van der Waals surface area contributed by atoms with Crippen LogP contribution in [0, 0.1) is 19.8 Å². The van der Waals surface area contributed by atoms with Crippen LogP contribution in [0.2, 0.25) is 0 Å². The van der Waals surface area contributed by atoms with Gasteiger partial charge in [0.1, 0.15) is 11.3 Å². The fourth-order valence-electron chi connectivity index (χ4n) is 2.76. The number of aliphatic carboxylic acids is 1. The lowest BCUT2D eigenvalue weighted by Crippen LogP contribution is -2.17. The summed E-state index contributed by atoms with van der Waals surface area (Å²) in [6.45, 7) is 4.55. The Kier molecular flexibility index (Phi) is 2.82. The molecule has 2 unspecified atom stereocenters. The van der Waals surface area contributed by atoms with Gasteiger partial charge in [0.15, 0.2) is 0 Å². The molecule has 2 heterocycles. The van der Waals surface area contributed by atoms with Gasteiger partial charge in [0.25, 0.3) is 0 Å². The summed E-state index contributed by atoms with van der Waals surface area (Å²) >= 11 is 0. The Balaban J connectivity index is 1.92. The highest BCUT2D eigenvalue weighted by molar-refractivity contribution is 5.82. The van der Waals surface area contributed by atoms with Crippen LogP contribution >= 0.6 is 0 Å². The van der Waals surface area contributed by atoms with E-state index in [0.717, 1.165) is 22.3 Å². The topological polar surface area (TPSA) is 62.5 Å². The van der Waals surface area contributed by atoms with Crippen molar-refractivity contribution in [1.82, 2.24) is 5.32 Å². The molecule has 1 aromatic heterocycles. The van der Waals surface area contributed by atoms with Gasteiger partial charge in [0.05, 0.1) is 5.92 Å². The molecule has 2 atom stereocenters. The van der Waals surface area contributed by atoms with Gasteiger partial charge in [-0.05, 0) is 37.5 Å². The van der Waals surface area contributed by atoms with Crippen molar-refractivity contribution in [3.8, 4) is 0 Å². The van der Waals surface area contributed by atoms with E-state index in [9.17, 15) is 4.79 Å².